The van der Waals surface area contributed by atoms with Crippen LogP contribution in [0.15, 0.2) is 36.5 Å². The van der Waals surface area contributed by atoms with Crippen LogP contribution in [0.3, 0.4) is 0 Å². The average Bonchev–Trinajstić information content (AvgIpc) is 2.47. The highest BCUT2D eigenvalue weighted by Gasteiger charge is 2.17. The van der Waals surface area contributed by atoms with Crippen molar-refractivity contribution in [2.45, 2.75) is 26.0 Å². The van der Waals surface area contributed by atoms with Crippen LogP contribution in [-0.2, 0) is 13.0 Å². The molecule has 0 radical (unpaired) electrons. The molecule has 98 valence electrons. The highest BCUT2D eigenvalue weighted by Crippen LogP contribution is 2.23. The van der Waals surface area contributed by atoms with Gasteiger partial charge in [-0.25, -0.2) is 9.97 Å². The Kier molecular flexibility index (Phi) is 3.17. The summed E-state index contributed by atoms with van der Waals surface area (Å²) in [6, 6.07) is 10.4. The van der Waals surface area contributed by atoms with E-state index in [1.54, 1.807) is 13.1 Å². The van der Waals surface area contributed by atoms with Crippen LogP contribution in [0.1, 0.15) is 30.0 Å². The Morgan fingerprint density at radius 2 is 2.00 bits per heavy atom. The number of aliphatic hydroxyl groups excluding tert-OH is 1. The molecule has 0 bridgehead atoms. The summed E-state index contributed by atoms with van der Waals surface area (Å²) < 4.78 is 0. The predicted octanol–water partition coefficient (Wildman–Crippen LogP) is 2.09. The SMILES string of the molecule is C[C@@H](O)c1nccc(N2CCc3ccccc3C2)n1. The summed E-state index contributed by atoms with van der Waals surface area (Å²) in [5.74, 6) is 1.37. The van der Waals surface area contributed by atoms with Gasteiger partial charge in [-0.1, -0.05) is 24.3 Å². The molecule has 0 unspecified atom stereocenters. The molecule has 1 atom stereocenters. The normalized spacial score (nSPS) is 16.0. The van der Waals surface area contributed by atoms with Crippen molar-refractivity contribution in [2.24, 2.45) is 0 Å². The molecular weight excluding hydrogens is 238 g/mol. The monoisotopic (exact) mass is 255 g/mol. The second-order valence-electron chi connectivity index (χ2n) is 4.89. The molecule has 0 fully saturated rings. The van der Waals surface area contributed by atoms with Crippen molar-refractivity contribution in [3.8, 4) is 0 Å². The second-order valence-corrected chi connectivity index (χ2v) is 4.89. The van der Waals surface area contributed by atoms with Gasteiger partial charge in [0.2, 0.25) is 0 Å². The van der Waals surface area contributed by atoms with Crippen molar-refractivity contribution in [1.82, 2.24) is 9.97 Å². The van der Waals surface area contributed by atoms with Gasteiger partial charge in [-0.3, -0.25) is 0 Å². The van der Waals surface area contributed by atoms with Gasteiger partial charge in [0.1, 0.15) is 11.9 Å². The molecule has 1 N–H and O–H groups in total. The van der Waals surface area contributed by atoms with E-state index in [1.165, 1.54) is 11.1 Å². The molecule has 2 heterocycles. The van der Waals surface area contributed by atoms with E-state index in [0.717, 1.165) is 25.3 Å². The number of benzene rings is 1. The molecule has 0 saturated carbocycles. The second kappa shape index (κ2) is 4.97. The molecule has 0 saturated heterocycles. The van der Waals surface area contributed by atoms with Gasteiger partial charge in [-0.15, -0.1) is 0 Å². The van der Waals surface area contributed by atoms with Crippen molar-refractivity contribution in [3.05, 3.63) is 53.5 Å². The summed E-state index contributed by atoms with van der Waals surface area (Å²) in [4.78, 5) is 10.8. The molecule has 1 aromatic heterocycles. The first-order valence-corrected chi connectivity index (χ1v) is 6.57. The molecule has 0 aliphatic carbocycles. The average molecular weight is 255 g/mol. The quantitative estimate of drug-likeness (QED) is 0.892. The molecule has 1 aromatic carbocycles. The molecule has 0 amide bonds. The third-order valence-corrected chi connectivity index (χ3v) is 3.49. The van der Waals surface area contributed by atoms with E-state index in [1.807, 2.05) is 6.07 Å². The molecule has 3 rings (SSSR count). The van der Waals surface area contributed by atoms with Crippen molar-refractivity contribution in [3.63, 3.8) is 0 Å². The highest BCUT2D eigenvalue weighted by molar-refractivity contribution is 5.43. The van der Waals surface area contributed by atoms with Crippen LogP contribution >= 0.6 is 0 Å². The number of fused-ring (bicyclic) bond motifs is 1. The number of rotatable bonds is 2. The first-order valence-electron chi connectivity index (χ1n) is 6.57. The Morgan fingerprint density at radius 3 is 2.79 bits per heavy atom. The fraction of sp³-hybridized carbons (Fsp3) is 0.333. The summed E-state index contributed by atoms with van der Waals surface area (Å²) >= 11 is 0. The minimum Gasteiger partial charge on any atom is -0.385 e. The molecule has 2 aromatic rings. The Hall–Kier alpha value is -1.94. The molecule has 1 aliphatic rings. The molecule has 4 nitrogen and oxygen atoms in total. The number of hydrogen-bond acceptors (Lipinski definition) is 4. The first-order chi connectivity index (χ1) is 9.24. The largest absolute Gasteiger partial charge is 0.385 e. The number of aromatic nitrogens is 2. The van der Waals surface area contributed by atoms with Crippen molar-refractivity contribution in [2.75, 3.05) is 11.4 Å². The van der Waals surface area contributed by atoms with Gasteiger partial charge in [0, 0.05) is 19.3 Å². The van der Waals surface area contributed by atoms with Gasteiger partial charge < -0.3 is 10.0 Å². The van der Waals surface area contributed by atoms with E-state index in [-0.39, 0.29) is 0 Å². The molecule has 0 spiro atoms. The lowest BCUT2D eigenvalue weighted by Crippen LogP contribution is -2.31. The van der Waals surface area contributed by atoms with E-state index in [0.29, 0.717) is 5.82 Å². The van der Waals surface area contributed by atoms with Crippen LogP contribution in [0.4, 0.5) is 5.82 Å². The maximum atomic E-state index is 9.56. The smallest absolute Gasteiger partial charge is 0.158 e. The topological polar surface area (TPSA) is 49.3 Å². The van der Waals surface area contributed by atoms with E-state index >= 15 is 0 Å². The van der Waals surface area contributed by atoms with E-state index in [4.69, 9.17) is 0 Å². The lowest BCUT2D eigenvalue weighted by atomic mass is 10.00. The van der Waals surface area contributed by atoms with Crippen LogP contribution in [0.2, 0.25) is 0 Å². The number of aliphatic hydroxyl groups is 1. The summed E-state index contributed by atoms with van der Waals surface area (Å²) in [6.07, 6.45) is 2.12. The van der Waals surface area contributed by atoms with Gasteiger partial charge in [0.25, 0.3) is 0 Å². The van der Waals surface area contributed by atoms with E-state index in [2.05, 4.69) is 39.1 Å². The summed E-state index contributed by atoms with van der Waals surface area (Å²) in [7, 11) is 0. The number of nitrogens with zero attached hydrogens (tertiary/aromatic N) is 3. The molecule has 4 heteroatoms. The minimum atomic E-state index is -0.628. The lowest BCUT2D eigenvalue weighted by molar-refractivity contribution is 0.189. The molecular formula is C15H17N3O. The predicted molar refractivity (Wildman–Crippen MR) is 73.9 cm³/mol. The summed E-state index contributed by atoms with van der Waals surface area (Å²) in [5.41, 5.74) is 2.77. The van der Waals surface area contributed by atoms with Crippen LogP contribution in [0, 0.1) is 0 Å². The Bertz CT molecular complexity index is 583. The zero-order valence-corrected chi connectivity index (χ0v) is 11.0. The van der Waals surface area contributed by atoms with Crippen LogP contribution < -0.4 is 4.90 Å². The maximum Gasteiger partial charge on any atom is 0.158 e. The third kappa shape index (κ3) is 2.44. The zero-order chi connectivity index (χ0) is 13.2. The van der Waals surface area contributed by atoms with Crippen molar-refractivity contribution >= 4 is 5.82 Å². The Balaban J connectivity index is 1.87. The zero-order valence-electron chi connectivity index (χ0n) is 11.0. The van der Waals surface area contributed by atoms with Crippen LogP contribution in [0.25, 0.3) is 0 Å². The van der Waals surface area contributed by atoms with Crippen LogP contribution in [0.5, 0.6) is 0 Å². The summed E-state index contributed by atoms with van der Waals surface area (Å²) in [6.45, 7) is 3.50. The van der Waals surface area contributed by atoms with Gasteiger partial charge >= 0.3 is 0 Å². The van der Waals surface area contributed by atoms with Crippen molar-refractivity contribution < 1.29 is 5.11 Å². The van der Waals surface area contributed by atoms with E-state index < -0.39 is 6.10 Å². The van der Waals surface area contributed by atoms with Gasteiger partial charge in [0.15, 0.2) is 5.82 Å². The fourth-order valence-corrected chi connectivity index (χ4v) is 2.43. The van der Waals surface area contributed by atoms with Gasteiger partial charge in [-0.05, 0) is 30.5 Å². The van der Waals surface area contributed by atoms with E-state index in [9.17, 15) is 5.11 Å². The van der Waals surface area contributed by atoms with Gasteiger partial charge in [0.05, 0.1) is 0 Å². The first kappa shape index (κ1) is 12.1. The van der Waals surface area contributed by atoms with Crippen molar-refractivity contribution in [1.29, 1.82) is 0 Å². The fourth-order valence-electron chi connectivity index (χ4n) is 2.43. The minimum absolute atomic E-state index is 0.483. The Labute approximate surface area is 112 Å². The standard InChI is InChI=1S/C15H17N3O/c1-11(19)15-16-8-6-14(17-15)18-9-7-12-4-2-3-5-13(12)10-18/h2-6,8,11,19H,7,9-10H2,1H3/t11-/m1/s1. The molecule has 1 aliphatic heterocycles. The number of anilines is 1. The summed E-state index contributed by atoms with van der Waals surface area (Å²) in [5, 5.41) is 9.56. The number of hydrogen-bond donors (Lipinski definition) is 1. The maximum absolute atomic E-state index is 9.56. The van der Waals surface area contributed by atoms with Gasteiger partial charge in [-0.2, -0.15) is 0 Å². The third-order valence-electron chi connectivity index (χ3n) is 3.49. The lowest BCUT2D eigenvalue weighted by Gasteiger charge is -2.29. The highest BCUT2D eigenvalue weighted by atomic mass is 16.3. The van der Waals surface area contributed by atoms with Crippen LogP contribution in [-0.4, -0.2) is 21.6 Å². The molecule has 19 heavy (non-hydrogen) atoms. The Morgan fingerprint density at radius 1 is 1.21 bits per heavy atom.